The molecule has 0 saturated heterocycles. The van der Waals surface area contributed by atoms with Crippen LogP contribution in [0.1, 0.15) is 17.3 Å². The van der Waals surface area contributed by atoms with Gasteiger partial charge in [0.1, 0.15) is 13.2 Å². The van der Waals surface area contributed by atoms with Gasteiger partial charge in [-0.1, -0.05) is 11.6 Å². The summed E-state index contributed by atoms with van der Waals surface area (Å²) in [6.07, 6.45) is -1.01. The third-order valence-corrected chi connectivity index (χ3v) is 2.80. The molecule has 2 rings (SSSR count). The molecule has 1 atom stereocenters. The Labute approximate surface area is 114 Å². The van der Waals surface area contributed by atoms with Crippen LogP contribution < -0.4 is 15.2 Å². The van der Waals surface area contributed by atoms with E-state index in [1.165, 1.54) is 19.1 Å². The molecule has 0 radical (unpaired) electrons. The van der Waals surface area contributed by atoms with Crippen LogP contribution >= 0.6 is 11.6 Å². The van der Waals surface area contributed by atoms with E-state index in [0.29, 0.717) is 24.7 Å². The van der Waals surface area contributed by atoms with E-state index in [1.807, 2.05) is 0 Å². The number of halogens is 1. The summed E-state index contributed by atoms with van der Waals surface area (Å²) in [7, 11) is 0. The quantitative estimate of drug-likeness (QED) is 0.842. The molecule has 1 aromatic rings. The van der Waals surface area contributed by atoms with Gasteiger partial charge in [-0.25, -0.2) is 4.79 Å². The van der Waals surface area contributed by atoms with Crippen molar-refractivity contribution in [2.24, 2.45) is 5.73 Å². The average molecular weight is 286 g/mol. The van der Waals surface area contributed by atoms with Gasteiger partial charge >= 0.3 is 5.97 Å². The van der Waals surface area contributed by atoms with Gasteiger partial charge < -0.3 is 19.9 Å². The highest BCUT2D eigenvalue weighted by molar-refractivity contribution is 6.32. The highest BCUT2D eigenvalue weighted by Crippen LogP contribution is 2.38. The van der Waals surface area contributed by atoms with Crippen LogP contribution in [0.25, 0.3) is 0 Å². The predicted molar refractivity (Wildman–Crippen MR) is 66.5 cm³/mol. The van der Waals surface area contributed by atoms with Gasteiger partial charge in [-0.15, -0.1) is 0 Å². The summed E-state index contributed by atoms with van der Waals surface area (Å²) in [5.41, 5.74) is 5.19. The molecule has 1 amide bonds. The van der Waals surface area contributed by atoms with Crippen LogP contribution in [0.2, 0.25) is 5.02 Å². The van der Waals surface area contributed by atoms with Gasteiger partial charge in [0.2, 0.25) is 0 Å². The second kappa shape index (κ2) is 5.36. The molecule has 0 unspecified atom stereocenters. The Hall–Kier alpha value is -1.95. The molecule has 0 aromatic heterocycles. The summed E-state index contributed by atoms with van der Waals surface area (Å²) in [6, 6.07) is 2.85. The lowest BCUT2D eigenvalue weighted by Gasteiger charge is -2.20. The van der Waals surface area contributed by atoms with Crippen molar-refractivity contribution >= 4 is 23.5 Å². The molecule has 19 heavy (non-hydrogen) atoms. The Morgan fingerprint density at radius 2 is 2.05 bits per heavy atom. The van der Waals surface area contributed by atoms with Crippen LogP contribution in [0, 0.1) is 0 Å². The zero-order valence-electron chi connectivity index (χ0n) is 10.1. The van der Waals surface area contributed by atoms with Crippen molar-refractivity contribution in [3.05, 3.63) is 22.7 Å². The predicted octanol–water partition coefficient (Wildman–Crippen LogP) is 1.14. The van der Waals surface area contributed by atoms with Crippen molar-refractivity contribution < 1.29 is 23.8 Å². The molecule has 1 aliphatic heterocycles. The molecule has 1 aliphatic rings. The number of amides is 1. The van der Waals surface area contributed by atoms with Crippen LogP contribution in [0.15, 0.2) is 12.1 Å². The van der Waals surface area contributed by atoms with E-state index >= 15 is 0 Å². The van der Waals surface area contributed by atoms with Crippen LogP contribution in [0.5, 0.6) is 11.5 Å². The second-order valence-electron chi connectivity index (χ2n) is 3.93. The van der Waals surface area contributed by atoms with Crippen LogP contribution in [0.4, 0.5) is 0 Å². The molecule has 0 saturated carbocycles. The van der Waals surface area contributed by atoms with E-state index in [2.05, 4.69) is 0 Å². The van der Waals surface area contributed by atoms with Gasteiger partial charge in [0.05, 0.1) is 10.6 Å². The maximum absolute atomic E-state index is 11.8. The summed E-state index contributed by atoms with van der Waals surface area (Å²) in [6.45, 7) is 2.16. The lowest BCUT2D eigenvalue weighted by Crippen LogP contribution is -2.30. The fourth-order valence-corrected chi connectivity index (χ4v) is 1.78. The number of ether oxygens (including phenoxy) is 3. The number of fused-ring (bicyclic) bond motifs is 1. The first-order chi connectivity index (χ1) is 8.99. The SMILES string of the molecule is C[C@@H](OC(=O)c1cc(Cl)c2c(c1)OCCO2)C(N)=O. The van der Waals surface area contributed by atoms with E-state index in [1.54, 1.807) is 0 Å². The van der Waals surface area contributed by atoms with Crippen molar-refractivity contribution in [2.45, 2.75) is 13.0 Å². The van der Waals surface area contributed by atoms with E-state index in [0.717, 1.165) is 0 Å². The van der Waals surface area contributed by atoms with Crippen molar-refractivity contribution in [2.75, 3.05) is 13.2 Å². The normalized spacial score (nSPS) is 14.6. The van der Waals surface area contributed by atoms with E-state index in [4.69, 9.17) is 31.5 Å². The molecular formula is C12H12ClNO5. The lowest BCUT2D eigenvalue weighted by atomic mass is 10.2. The third kappa shape index (κ3) is 2.90. The first-order valence-electron chi connectivity index (χ1n) is 5.58. The molecule has 6 nitrogen and oxygen atoms in total. The zero-order chi connectivity index (χ0) is 14.0. The molecule has 1 heterocycles. The molecule has 102 valence electrons. The largest absolute Gasteiger partial charge is 0.486 e. The van der Waals surface area contributed by atoms with Crippen molar-refractivity contribution in [3.8, 4) is 11.5 Å². The summed E-state index contributed by atoms with van der Waals surface area (Å²) in [5, 5.41) is 0.246. The Morgan fingerprint density at radius 3 is 2.74 bits per heavy atom. The minimum absolute atomic E-state index is 0.169. The lowest BCUT2D eigenvalue weighted by molar-refractivity contribution is -0.125. The maximum atomic E-state index is 11.8. The third-order valence-electron chi connectivity index (χ3n) is 2.52. The van der Waals surface area contributed by atoms with Gasteiger partial charge in [-0.05, 0) is 19.1 Å². The Kier molecular flexibility index (Phi) is 3.80. The Morgan fingerprint density at radius 1 is 1.37 bits per heavy atom. The topological polar surface area (TPSA) is 87.8 Å². The van der Waals surface area contributed by atoms with Crippen molar-refractivity contribution in [1.29, 1.82) is 0 Å². The van der Waals surface area contributed by atoms with Crippen LogP contribution in [-0.4, -0.2) is 31.2 Å². The summed E-state index contributed by atoms with van der Waals surface area (Å²) < 4.78 is 15.5. The monoisotopic (exact) mass is 285 g/mol. The second-order valence-corrected chi connectivity index (χ2v) is 4.34. The first-order valence-corrected chi connectivity index (χ1v) is 5.96. The van der Waals surface area contributed by atoms with Gasteiger partial charge in [0, 0.05) is 0 Å². The highest BCUT2D eigenvalue weighted by atomic mass is 35.5. The minimum Gasteiger partial charge on any atom is -0.486 e. The van der Waals surface area contributed by atoms with Crippen LogP contribution in [-0.2, 0) is 9.53 Å². The Bertz CT molecular complexity index is 531. The number of primary amides is 1. The standard InChI is InChI=1S/C12H12ClNO5/c1-6(11(14)15)19-12(16)7-4-8(13)10-9(5-7)17-2-3-18-10/h4-6H,2-3H2,1H3,(H2,14,15)/t6-/m1/s1. The van der Waals surface area contributed by atoms with Gasteiger partial charge in [0.25, 0.3) is 5.91 Å². The van der Waals surface area contributed by atoms with E-state index in [-0.39, 0.29) is 10.6 Å². The molecule has 0 spiro atoms. The number of nitrogens with two attached hydrogens (primary N) is 1. The first kappa shape index (κ1) is 13.5. The number of carbonyl (C=O) groups is 2. The number of carbonyl (C=O) groups excluding carboxylic acids is 2. The number of hydrogen-bond donors (Lipinski definition) is 1. The average Bonchev–Trinajstić information content (AvgIpc) is 2.38. The molecule has 0 aliphatic carbocycles. The van der Waals surface area contributed by atoms with E-state index in [9.17, 15) is 9.59 Å². The molecular weight excluding hydrogens is 274 g/mol. The Balaban J connectivity index is 2.23. The highest BCUT2D eigenvalue weighted by Gasteiger charge is 2.22. The van der Waals surface area contributed by atoms with Crippen molar-refractivity contribution in [1.82, 2.24) is 0 Å². The minimum atomic E-state index is -1.01. The fraction of sp³-hybridized carbons (Fsp3) is 0.333. The fourth-order valence-electron chi connectivity index (χ4n) is 1.52. The number of rotatable bonds is 3. The van der Waals surface area contributed by atoms with Gasteiger partial charge in [-0.3, -0.25) is 4.79 Å². The summed E-state index contributed by atoms with van der Waals surface area (Å²) in [4.78, 5) is 22.7. The molecule has 1 aromatic carbocycles. The zero-order valence-corrected chi connectivity index (χ0v) is 10.9. The molecule has 0 bridgehead atoms. The summed E-state index contributed by atoms with van der Waals surface area (Å²) >= 11 is 5.99. The smallest absolute Gasteiger partial charge is 0.339 e. The van der Waals surface area contributed by atoms with Crippen LogP contribution in [0.3, 0.4) is 0 Å². The van der Waals surface area contributed by atoms with Crippen molar-refractivity contribution in [3.63, 3.8) is 0 Å². The number of hydrogen-bond acceptors (Lipinski definition) is 5. The summed E-state index contributed by atoms with van der Waals surface area (Å²) in [5.74, 6) is -0.660. The number of benzene rings is 1. The maximum Gasteiger partial charge on any atom is 0.339 e. The number of esters is 1. The molecule has 7 heteroatoms. The van der Waals surface area contributed by atoms with E-state index < -0.39 is 18.0 Å². The van der Waals surface area contributed by atoms with Gasteiger partial charge in [0.15, 0.2) is 17.6 Å². The molecule has 0 fully saturated rings. The van der Waals surface area contributed by atoms with Gasteiger partial charge in [-0.2, -0.15) is 0 Å². The molecule has 2 N–H and O–H groups in total.